The van der Waals surface area contributed by atoms with Gasteiger partial charge in [-0.15, -0.1) is 5.10 Å². The minimum Gasteiger partial charge on any atom is -0.476 e. The Balaban J connectivity index is 2.40. The van der Waals surface area contributed by atoms with Crippen molar-refractivity contribution in [2.75, 3.05) is 0 Å². The van der Waals surface area contributed by atoms with Crippen LogP contribution in [0, 0.1) is 11.3 Å². The van der Waals surface area contributed by atoms with Crippen molar-refractivity contribution in [3.63, 3.8) is 0 Å². The summed E-state index contributed by atoms with van der Waals surface area (Å²) in [5.74, 6) is -0.609. The smallest absolute Gasteiger partial charge is 0.356 e. The highest BCUT2D eigenvalue weighted by molar-refractivity contribution is 5.86. The number of aromatic nitrogens is 3. The first-order chi connectivity index (χ1) is 8.35. The second-order valence-electron chi connectivity index (χ2n) is 5.96. The van der Waals surface area contributed by atoms with Crippen LogP contribution in [0.4, 0.5) is 0 Å². The van der Waals surface area contributed by atoms with Crippen LogP contribution in [0.1, 0.15) is 55.8 Å². The molecule has 0 radical (unpaired) electrons. The van der Waals surface area contributed by atoms with Gasteiger partial charge in [-0.05, 0) is 24.2 Å². The topological polar surface area (TPSA) is 94.0 Å². The van der Waals surface area contributed by atoms with E-state index in [1.54, 1.807) is 4.68 Å². The van der Waals surface area contributed by atoms with Crippen LogP contribution in [0.25, 0.3) is 0 Å². The molecule has 1 saturated carbocycles. The summed E-state index contributed by atoms with van der Waals surface area (Å²) in [5, 5.41) is 17.2. The molecular weight excluding hydrogens is 232 g/mol. The van der Waals surface area contributed by atoms with E-state index in [1.165, 1.54) is 0 Å². The van der Waals surface area contributed by atoms with Gasteiger partial charge in [0.25, 0.3) is 0 Å². The van der Waals surface area contributed by atoms with Crippen molar-refractivity contribution in [1.82, 2.24) is 15.0 Å². The van der Waals surface area contributed by atoms with E-state index < -0.39 is 5.97 Å². The third-order valence-corrected chi connectivity index (χ3v) is 3.77. The van der Waals surface area contributed by atoms with Crippen molar-refractivity contribution in [3.8, 4) is 0 Å². The summed E-state index contributed by atoms with van der Waals surface area (Å²) >= 11 is 0. The fraction of sp³-hybridized carbons (Fsp3) is 0.750. The normalized spacial score (nSPS) is 26.4. The number of aromatic carboxylic acids is 1. The number of carbonyl (C=O) groups is 1. The van der Waals surface area contributed by atoms with Crippen molar-refractivity contribution < 1.29 is 9.90 Å². The molecule has 1 fully saturated rings. The lowest BCUT2D eigenvalue weighted by Gasteiger charge is -2.18. The van der Waals surface area contributed by atoms with Crippen LogP contribution in [0.2, 0.25) is 0 Å². The zero-order valence-corrected chi connectivity index (χ0v) is 11.1. The maximum absolute atomic E-state index is 11.3. The molecule has 2 rings (SSSR count). The third-order valence-electron chi connectivity index (χ3n) is 3.77. The van der Waals surface area contributed by atoms with E-state index in [-0.39, 0.29) is 23.7 Å². The van der Waals surface area contributed by atoms with Gasteiger partial charge in [-0.2, -0.15) is 0 Å². The molecule has 6 heteroatoms. The Bertz CT molecular complexity index is 467. The first-order valence-corrected chi connectivity index (χ1v) is 6.23. The number of carboxylic acids is 1. The summed E-state index contributed by atoms with van der Waals surface area (Å²) in [5.41, 5.74) is 6.23. The molecule has 1 heterocycles. The van der Waals surface area contributed by atoms with Crippen LogP contribution in [-0.2, 0) is 6.54 Å². The van der Waals surface area contributed by atoms with Crippen molar-refractivity contribution in [3.05, 3.63) is 11.4 Å². The van der Waals surface area contributed by atoms with Crippen molar-refractivity contribution >= 4 is 5.97 Å². The molecule has 0 bridgehead atoms. The standard InChI is InChI=1S/C12H20N4O2/c1-7-4-12(2,3)5-9(7)16-10(11(17)18)8(6-13)14-15-16/h7,9H,4-6,13H2,1-3H3,(H,17,18). The molecule has 6 nitrogen and oxygen atoms in total. The van der Waals surface area contributed by atoms with Crippen molar-refractivity contribution in [2.45, 2.75) is 46.2 Å². The highest BCUT2D eigenvalue weighted by Crippen LogP contribution is 2.47. The second kappa shape index (κ2) is 4.35. The van der Waals surface area contributed by atoms with E-state index in [0.29, 0.717) is 11.6 Å². The summed E-state index contributed by atoms with van der Waals surface area (Å²) in [7, 11) is 0. The fourth-order valence-corrected chi connectivity index (χ4v) is 3.10. The minimum absolute atomic E-state index is 0.0962. The van der Waals surface area contributed by atoms with Crippen LogP contribution in [0.5, 0.6) is 0 Å². The number of nitrogens with zero attached hydrogens (tertiary/aromatic N) is 3. The fourth-order valence-electron chi connectivity index (χ4n) is 3.10. The second-order valence-corrected chi connectivity index (χ2v) is 5.96. The van der Waals surface area contributed by atoms with E-state index in [0.717, 1.165) is 12.8 Å². The lowest BCUT2D eigenvalue weighted by molar-refractivity contribution is 0.0677. The van der Waals surface area contributed by atoms with Crippen LogP contribution in [0.15, 0.2) is 0 Å². The number of hydrogen-bond donors (Lipinski definition) is 2. The monoisotopic (exact) mass is 252 g/mol. The maximum Gasteiger partial charge on any atom is 0.356 e. The lowest BCUT2D eigenvalue weighted by atomic mass is 9.91. The molecule has 0 aliphatic heterocycles. The summed E-state index contributed by atoms with van der Waals surface area (Å²) < 4.78 is 1.56. The van der Waals surface area contributed by atoms with Gasteiger partial charge in [0.15, 0.2) is 5.69 Å². The van der Waals surface area contributed by atoms with Gasteiger partial charge in [0.1, 0.15) is 5.69 Å². The Morgan fingerprint density at radius 1 is 1.56 bits per heavy atom. The Morgan fingerprint density at radius 2 is 2.22 bits per heavy atom. The van der Waals surface area contributed by atoms with E-state index in [1.807, 2.05) is 0 Å². The number of carboxylic acid groups (broad SMARTS) is 1. The van der Waals surface area contributed by atoms with Gasteiger partial charge in [-0.3, -0.25) is 0 Å². The average molecular weight is 252 g/mol. The van der Waals surface area contributed by atoms with Gasteiger partial charge in [-0.25, -0.2) is 9.48 Å². The zero-order valence-electron chi connectivity index (χ0n) is 11.1. The minimum atomic E-state index is -1.00. The molecule has 18 heavy (non-hydrogen) atoms. The highest BCUT2D eigenvalue weighted by Gasteiger charge is 2.40. The molecule has 0 amide bonds. The molecule has 2 atom stereocenters. The first kappa shape index (κ1) is 13.0. The Hall–Kier alpha value is -1.43. The van der Waals surface area contributed by atoms with E-state index >= 15 is 0 Å². The SMILES string of the molecule is CC1CC(C)(C)CC1n1nnc(CN)c1C(=O)O. The molecule has 1 aliphatic carbocycles. The van der Waals surface area contributed by atoms with Crippen LogP contribution < -0.4 is 5.73 Å². The predicted octanol–water partition coefficient (Wildman–Crippen LogP) is 1.43. The molecule has 100 valence electrons. The van der Waals surface area contributed by atoms with Gasteiger partial charge in [0.2, 0.25) is 0 Å². The van der Waals surface area contributed by atoms with E-state index in [2.05, 4.69) is 31.1 Å². The summed E-state index contributed by atoms with van der Waals surface area (Å²) in [6.45, 7) is 6.64. The maximum atomic E-state index is 11.3. The zero-order chi connectivity index (χ0) is 13.5. The largest absolute Gasteiger partial charge is 0.476 e. The lowest BCUT2D eigenvalue weighted by Crippen LogP contribution is -2.20. The van der Waals surface area contributed by atoms with E-state index in [9.17, 15) is 9.90 Å². The predicted molar refractivity (Wildman–Crippen MR) is 66.1 cm³/mol. The first-order valence-electron chi connectivity index (χ1n) is 6.23. The van der Waals surface area contributed by atoms with Crippen LogP contribution in [0.3, 0.4) is 0 Å². The van der Waals surface area contributed by atoms with Gasteiger partial charge in [-0.1, -0.05) is 26.0 Å². The van der Waals surface area contributed by atoms with Crippen molar-refractivity contribution in [2.24, 2.45) is 17.1 Å². The van der Waals surface area contributed by atoms with Gasteiger partial charge < -0.3 is 10.8 Å². The summed E-state index contributed by atoms with van der Waals surface area (Å²) in [4.78, 5) is 11.3. The Labute approximate surface area is 106 Å². The Kier molecular flexibility index (Phi) is 3.14. The number of hydrogen-bond acceptors (Lipinski definition) is 4. The van der Waals surface area contributed by atoms with E-state index in [4.69, 9.17) is 5.73 Å². The van der Waals surface area contributed by atoms with Gasteiger partial charge in [0, 0.05) is 6.54 Å². The van der Waals surface area contributed by atoms with Crippen molar-refractivity contribution in [1.29, 1.82) is 0 Å². The quantitative estimate of drug-likeness (QED) is 0.848. The molecule has 3 N–H and O–H groups in total. The molecule has 0 aromatic carbocycles. The highest BCUT2D eigenvalue weighted by atomic mass is 16.4. The molecule has 0 spiro atoms. The Morgan fingerprint density at radius 3 is 2.67 bits per heavy atom. The number of nitrogens with two attached hydrogens (primary N) is 1. The third kappa shape index (κ3) is 2.12. The van der Waals surface area contributed by atoms with Crippen LogP contribution in [-0.4, -0.2) is 26.1 Å². The van der Waals surface area contributed by atoms with Gasteiger partial charge >= 0.3 is 5.97 Å². The summed E-state index contributed by atoms with van der Waals surface area (Å²) in [6, 6.07) is 0.0962. The summed E-state index contributed by atoms with van der Waals surface area (Å²) in [6.07, 6.45) is 1.98. The molecule has 1 aromatic heterocycles. The molecular formula is C12H20N4O2. The average Bonchev–Trinajstić information content (AvgIpc) is 2.78. The molecule has 0 saturated heterocycles. The molecule has 1 aliphatic rings. The molecule has 2 unspecified atom stereocenters. The van der Waals surface area contributed by atoms with Crippen LogP contribution >= 0.6 is 0 Å². The number of rotatable bonds is 3. The van der Waals surface area contributed by atoms with Gasteiger partial charge in [0.05, 0.1) is 6.04 Å². The molecule has 1 aromatic rings.